The summed E-state index contributed by atoms with van der Waals surface area (Å²) in [5.74, 6) is -0.256. The predicted molar refractivity (Wildman–Crippen MR) is 80.3 cm³/mol. The molecule has 1 fully saturated rings. The van der Waals surface area contributed by atoms with Crippen molar-refractivity contribution in [1.29, 1.82) is 0 Å². The molecule has 0 spiro atoms. The molecule has 0 radical (unpaired) electrons. The van der Waals surface area contributed by atoms with Gasteiger partial charge in [-0.2, -0.15) is 0 Å². The Bertz CT molecular complexity index is 458. The second-order valence-corrected chi connectivity index (χ2v) is 5.87. The maximum atomic E-state index is 11.0. The first-order chi connectivity index (χ1) is 10.0. The van der Waals surface area contributed by atoms with Crippen LogP contribution in [-0.4, -0.2) is 22.8 Å². The van der Waals surface area contributed by atoms with E-state index in [1.807, 2.05) is 24.3 Å². The van der Waals surface area contributed by atoms with E-state index in [9.17, 15) is 9.90 Å². The van der Waals surface area contributed by atoms with Gasteiger partial charge in [-0.1, -0.05) is 25.5 Å². The van der Waals surface area contributed by atoms with Crippen molar-refractivity contribution in [3.63, 3.8) is 0 Å². The highest BCUT2D eigenvalue weighted by molar-refractivity contribution is 5.70. The second kappa shape index (κ2) is 6.94. The Kier molecular flexibility index (Phi) is 5.23. The normalized spacial score (nSPS) is 25.5. The minimum absolute atomic E-state index is 0.318. The first-order valence-corrected chi connectivity index (χ1v) is 7.73. The Morgan fingerprint density at radius 2 is 1.90 bits per heavy atom. The summed E-state index contributed by atoms with van der Waals surface area (Å²) in [6.45, 7) is 2.83. The molecule has 4 heteroatoms. The molecule has 1 aromatic carbocycles. The van der Waals surface area contributed by atoms with Crippen LogP contribution in [0.2, 0.25) is 0 Å². The molecular formula is C17H24O4. The number of carboxylic acid groups (broad SMARTS) is 1. The Morgan fingerprint density at radius 3 is 2.43 bits per heavy atom. The molecule has 0 amide bonds. The Labute approximate surface area is 125 Å². The van der Waals surface area contributed by atoms with Crippen molar-refractivity contribution in [3.8, 4) is 5.75 Å². The van der Waals surface area contributed by atoms with Gasteiger partial charge in [-0.25, -0.2) is 0 Å². The molecule has 0 heterocycles. The van der Waals surface area contributed by atoms with E-state index >= 15 is 0 Å². The zero-order valence-corrected chi connectivity index (χ0v) is 12.5. The van der Waals surface area contributed by atoms with E-state index in [4.69, 9.17) is 9.84 Å². The summed E-state index contributed by atoms with van der Waals surface area (Å²) in [6, 6.07) is 7.54. The lowest BCUT2D eigenvalue weighted by molar-refractivity contribution is -0.145. The van der Waals surface area contributed by atoms with Crippen molar-refractivity contribution in [2.45, 2.75) is 51.0 Å². The minimum atomic E-state index is -0.895. The molecular weight excluding hydrogens is 268 g/mol. The van der Waals surface area contributed by atoms with Crippen LogP contribution in [0.1, 0.15) is 51.0 Å². The van der Waals surface area contributed by atoms with E-state index < -0.39 is 11.6 Å². The number of ether oxygens (including phenoxy) is 1. The monoisotopic (exact) mass is 292 g/mol. The van der Waals surface area contributed by atoms with E-state index in [-0.39, 0.29) is 5.92 Å². The van der Waals surface area contributed by atoms with E-state index in [1.54, 1.807) is 0 Å². The molecule has 0 saturated heterocycles. The minimum Gasteiger partial charge on any atom is -0.494 e. The highest BCUT2D eigenvalue weighted by atomic mass is 16.5. The van der Waals surface area contributed by atoms with Crippen LogP contribution in [0.5, 0.6) is 5.75 Å². The number of hydrogen-bond donors (Lipinski definition) is 2. The largest absolute Gasteiger partial charge is 0.494 e. The number of carbonyl (C=O) groups is 1. The Balaban J connectivity index is 1.96. The Morgan fingerprint density at radius 1 is 1.29 bits per heavy atom. The van der Waals surface area contributed by atoms with Crippen molar-refractivity contribution in [2.24, 2.45) is 5.92 Å². The lowest BCUT2D eigenvalue weighted by Crippen LogP contribution is -2.33. The van der Waals surface area contributed by atoms with E-state index in [2.05, 4.69) is 6.92 Å². The van der Waals surface area contributed by atoms with Crippen LogP contribution >= 0.6 is 0 Å². The first kappa shape index (κ1) is 15.8. The third-order valence-electron chi connectivity index (χ3n) is 4.32. The van der Waals surface area contributed by atoms with Gasteiger partial charge in [-0.15, -0.1) is 0 Å². The molecule has 0 bridgehead atoms. The number of benzene rings is 1. The lowest BCUT2D eigenvalue weighted by Gasteiger charge is -2.35. The average Bonchev–Trinajstić information content (AvgIpc) is 2.48. The van der Waals surface area contributed by atoms with Crippen molar-refractivity contribution in [2.75, 3.05) is 6.61 Å². The summed E-state index contributed by atoms with van der Waals surface area (Å²) in [6.07, 6.45) is 4.19. The first-order valence-electron chi connectivity index (χ1n) is 7.73. The van der Waals surface area contributed by atoms with Crippen LogP contribution in [0.4, 0.5) is 0 Å². The summed E-state index contributed by atoms with van der Waals surface area (Å²) < 4.78 is 5.61. The van der Waals surface area contributed by atoms with Gasteiger partial charge in [0.25, 0.3) is 0 Å². The van der Waals surface area contributed by atoms with Gasteiger partial charge in [0, 0.05) is 0 Å². The average molecular weight is 292 g/mol. The highest BCUT2D eigenvalue weighted by Gasteiger charge is 2.36. The van der Waals surface area contributed by atoms with Gasteiger partial charge in [0.2, 0.25) is 0 Å². The fourth-order valence-corrected chi connectivity index (χ4v) is 2.83. The zero-order chi connectivity index (χ0) is 15.3. The smallest absolute Gasteiger partial charge is 0.306 e. The molecule has 1 aliphatic rings. The molecule has 1 aliphatic carbocycles. The van der Waals surface area contributed by atoms with Gasteiger partial charge in [0.1, 0.15) is 5.75 Å². The van der Waals surface area contributed by atoms with Gasteiger partial charge >= 0.3 is 5.97 Å². The molecule has 2 rings (SSSR count). The van der Waals surface area contributed by atoms with Crippen LogP contribution in [0.3, 0.4) is 0 Å². The molecule has 1 aromatic rings. The number of carboxylic acids is 1. The summed E-state index contributed by atoms with van der Waals surface area (Å²) in [4.78, 5) is 11.0. The predicted octanol–water partition coefficient (Wildman–Crippen LogP) is 3.33. The van der Waals surface area contributed by atoms with Crippen LogP contribution in [0.25, 0.3) is 0 Å². The van der Waals surface area contributed by atoms with E-state index in [0.29, 0.717) is 32.3 Å². The summed E-state index contributed by atoms with van der Waals surface area (Å²) in [5, 5.41) is 19.7. The third-order valence-corrected chi connectivity index (χ3v) is 4.32. The van der Waals surface area contributed by atoms with Crippen molar-refractivity contribution < 1.29 is 19.7 Å². The van der Waals surface area contributed by atoms with Gasteiger partial charge in [-0.3, -0.25) is 4.79 Å². The second-order valence-electron chi connectivity index (χ2n) is 5.87. The van der Waals surface area contributed by atoms with Crippen LogP contribution in [-0.2, 0) is 10.4 Å². The molecule has 21 heavy (non-hydrogen) atoms. The van der Waals surface area contributed by atoms with E-state index in [0.717, 1.165) is 24.2 Å². The summed E-state index contributed by atoms with van der Waals surface area (Å²) >= 11 is 0. The SMILES string of the molecule is CCCCOc1ccc(C2(O)CCC(C(=O)O)CC2)cc1. The number of unbranched alkanes of at least 4 members (excludes halogenated alkanes) is 1. The molecule has 0 aromatic heterocycles. The third kappa shape index (κ3) is 3.97. The quantitative estimate of drug-likeness (QED) is 0.789. The summed E-state index contributed by atoms with van der Waals surface area (Å²) in [7, 11) is 0. The molecule has 1 saturated carbocycles. The van der Waals surface area contributed by atoms with Crippen LogP contribution in [0, 0.1) is 5.92 Å². The number of aliphatic hydroxyl groups is 1. The van der Waals surface area contributed by atoms with Gasteiger partial charge in [0.15, 0.2) is 0 Å². The molecule has 4 nitrogen and oxygen atoms in total. The van der Waals surface area contributed by atoms with Gasteiger partial charge in [0.05, 0.1) is 18.1 Å². The maximum absolute atomic E-state index is 11.0. The molecule has 2 N–H and O–H groups in total. The number of hydrogen-bond acceptors (Lipinski definition) is 3. The fourth-order valence-electron chi connectivity index (χ4n) is 2.83. The maximum Gasteiger partial charge on any atom is 0.306 e. The standard InChI is InChI=1S/C17H24O4/c1-2-3-12-21-15-6-4-14(5-7-15)17(20)10-8-13(9-11-17)16(18)19/h4-7,13,20H,2-3,8-12H2,1H3,(H,18,19). The molecule has 0 aliphatic heterocycles. The molecule has 0 atom stereocenters. The number of aliphatic carboxylic acids is 1. The Hall–Kier alpha value is -1.55. The number of rotatable bonds is 6. The molecule has 0 unspecified atom stereocenters. The topological polar surface area (TPSA) is 66.8 Å². The van der Waals surface area contributed by atoms with Crippen LogP contribution in [0.15, 0.2) is 24.3 Å². The highest BCUT2D eigenvalue weighted by Crippen LogP contribution is 2.39. The summed E-state index contributed by atoms with van der Waals surface area (Å²) in [5.41, 5.74) is -0.0392. The van der Waals surface area contributed by atoms with Gasteiger partial charge in [-0.05, 0) is 49.8 Å². The van der Waals surface area contributed by atoms with Crippen molar-refractivity contribution >= 4 is 5.97 Å². The van der Waals surface area contributed by atoms with Crippen molar-refractivity contribution in [1.82, 2.24) is 0 Å². The molecule has 116 valence electrons. The van der Waals surface area contributed by atoms with Crippen LogP contribution < -0.4 is 4.74 Å². The van der Waals surface area contributed by atoms with Crippen molar-refractivity contribution in [3.05, 3.63) is 29.8 Å². The van der Waals surface area contributed by atoms with Gasteiger partial charge < -0.3 is 14.9 Å². The fraction of sp³-hybridized carbons (Fsp3) is 0.588. The van der Waals surface area contributed by atoms with E-state index in [1.165, 1.54) is 0 Å². The zero-order valence-electron chi connectivity index (χ0n) is 12.5. The lowest BCUT2D eigenvalue weighted by atomic mass is 9.75.